The molecule has 0 spiro atoms. The van der Waals surface area contributed by atoms with E-state index >= 15 is 0 Å². The summed E-state index contributed by atoms with van der Waals surface area (Å²) in [5.74, 6) is -6.95. The van der Waals surface area contributed by atoms with E-state index in [1.165, 1.54) is 30.0 Å². The van der Waals surface area contributed by atoms with Crippen LogP contribution in [0.25, 0.3) is 0 Å². The summed E-state index contributed by atoms with van der Waals surface area (Å²) < 4.78 is 0. The monoisotopic (exact) mass is 443 g/mol. The van der Waals surface area contributed by atoms with E-state index in [4.69, 9.17) is 0 Å². The van der Waals surface area contributed by atoms with Crippen LogP contribution in [0.2, 0.25) is 0 Å². The maximum absolute atomic E-state index is 13.3. The highest BCUT2D eigenvalue weighted by molar-refractivity contribution is 6.25. The van der Waals surface area contributed by atoms with Gasteiger partial charge in [-0.15, -0.1) is 0 Å². The zero-order chi connectivity index (χ0) is 23.9. The standard InChI is InChI=1S/C23H25NO8/c1-9(25)14-19(28)17(24(3)4)12-8-11-16(21(30)23(12,32)20(14)29)18(27)15-10(22(11,2)31)6-5-7-13(15)26/h5-7,11-12,17,26,28,30-32H,8H2,1-4H3/t11-,12-,17-,22+,23+/m0/s1. The summed E-state index contributed by atoms with van der Waals surface area (Å²) in [5.41, 5.74) is -5.52. The van der Waals surface area contributed by atoms with Gasteiger partial charge in [0.15, 0.2) is 17.2 Å². The summed E-state index contributed by atoms with van der Waals surface area (Å²) in [6.45, 7) is 2.48. The van der Waals surface area contributed by atoms with Gasteiger partial charge in [-0.05, 0) is 46.0 Å². The van der Waals surface area contributed by atoms with Crippen LogP contribution in [-0.4, -0.2) is 73.5 Å². The Kier molecular flexibility index (Phi) is 4.68. The molecule has 5 atom stereocenters. The van der Waals surface area contributed by atoms with Crippen molar-refractivity contribution in [3.8, 4) is 5.75 Å². The first kappa shape index (κ1) is 22.2. The second-order valence-corrected chi connectivity index (χ2v) is 9.15. The van der Waals surface area contributed by atoms with Crippen LogP contribution < -0.4 is 0 Å². The van der Waals surface area contributed by atoms with E-state index in [-0.39, 0.29) is 17.5 Å². The van der Waals surface area contributed by atoms with E-state index in [0.717, 1.165) is 6.92 Å². The molecule has 3 aliphatic rings. The zero-order valence-electron chi connectivity index (χ0n) is 18.1. The van der Waals surface area contributed by atoms with Crippen molar-refractivity contribution < 1.29 is 39.9 Å². The van der Waals surface area contributed by atoms with Gasteiger partial charge in [-0.3, -0.25) is 19.3 Å². The first-order valence-corrected chi connectivity index (χ1v) is 10.2. The normalized spacial score (nSPS) is 34.4. The average molecular weight is 443 g/mol. The molecular formula is C23H25NO8. The Bertz CT molecular complexity index is 1140. The van der Waals surface area contributed by atoms with E-state index in [2.05, 4.69) is 0 Å². The molecule has 0 saturated carbocycles. The molecule has 32 heavy (non-hydrogen) atoms. The Morgan fingerprint density at radius 3 is 2.31 bits per heavy atom. The van der Waals surface area contributed by atoms with Crippen molar-refractivity contribution in [2.75, 3.05) is 14.1 Å². The Balaban J connectivity index is 2.05. The van der Waals surface area contributed by atoms with Crippen LogP contribution in [0.4, 0.5) is 0 Å². The molecule has 4 rings (SSSR count). The van der Waals surface area contributed by atoms with Gasteiger partial charge in [-0.1, -0.05) is 12.1 Å². The van der Waals surface area contributed by atoms with Crippen molar-refractivity contribution in [3.05, 3.63) is 52.0 Å². The van der Waals surface area contributed by atoms with Crippen LogP contribution in [0.15, 0.2) is 40.9 Å². The lowest BCUT2D eigenvalue weighted by molar-refractivity contribution is -0.151. The summed E-state index contributed by atoms with van der Waals surface area (Å²) >= 11 is 0. The van der Waals surface area contributed by atoms with Gasteiger partial charge in [0, 0.05) is 17.4 Å². The molecule has 9 nitrogen and oxygen atoms in total. The van der Waals surface area contributed by atoms with Crippen molar-refractivity contribution in [2.45, 2.75) is 37.5 Å². The summed E-state index contributed by atoms with van der Waals surface area (Å²) in [5, 5.41) is 55.2. The molecule has 3 aliphatic carbocycles. The quantitative estimate of drug-likeness (QED) is 0.419. The number of benzene rings is 1. The first-order valence-electron chi connectivity index (χ1n) is 10.2. The number of nitrogens with zero attached hydrogens (tertiary/aromatic N) is 1. The summed E-state index contributed by atoms with van der Waals surface area (Å²) in [4.78, 5) is 40.2. The van der Waals surface area contributed by atoms with Crippen LogP contribution in [-0.2, 0) is 15.2 Å². The number of hydrogen-bond acceptors (Lipinski definition) is 9. The van der Waals surface area contributed by atoms with Gasteiger partial charge in [-0.25, -0.2) is 0 Å². The molecule has 1 aromatic rings. The van der Waals surface area contributed by atoms with Crippen LogP contribution in [0.1, 0.15) is 36.2 Å². The lowest BCUT2D eigenvalue weighted by Gasteiger charge is -2.52. The van der Waals surface area contributed by atoms with Crippen molar-refractivity contribution in [1.29, 1.82) is 0 Å². The molecule has 5 N–H and O–H groups in total. The van der Waals surface area contributed by atoms with Gasteiger partial charge in [0.2, 0.25) is 5.78 Å². The molecule has 0 unspecified atom stereocenters. The lowest BCUT2D eigenvalue weighted by Crippen LogP contribution is -2.64. The predicted octanol–water partition coefficient (Wildman–Crippen LogP) is 0.889. The number of ketones is 3. The number of aromatic hydroxyl groups is 1. The molecule has 0 aromatic heterocycles. The molecular weight excluding hydrogens is 418 g/mol. The average Bonchev–Trinajstić information content (AvgIpc) is 2.68. The molecule has 0 amide bonds. The number of phenols is 1. The molecule has 0 fully saturated rings. The molecule has 0 radical (unpaired) electrons. The SMILES string of the molecule is CC(=O)C1=C(O)[C@@H](N(C)C)[C@@H]2C[C@H]3C(=C(O)[C@]2(O)C1=O)C(=O)c1c(O)cccc1[C@@]3(C)O. The number of hydrogen-bond donors (Lipinski definition) is 5. The van der Waals surface area contributed by atoms with E-state index in [0.29, 0.717) is 0 Å². The predicted molar refractivity (Wildman–Crippen MR) is 111 cm³/mol. The third kappa shape index (κ3) is 2.52. The summed E-state index contributed by atoms with van der Waals surface area (Å²) in [7, 11) is 3.14. The van der Waals surface area contributed by atoms with Crippen LogP contribution >= 0.6 is 0 Å². The maximum Gasteiger partial charge on any atom is 0.209 e. The number of likely N-dealkylation sites (N-methyl/N-ethyl adjacent to an activating group) is 1. The van der Waals surface area contributed by atoms with Gasteiger partial charge in [-0.2, -0.15) is 0 Å². The maximum atomic E-state index is 13.3. The van der Waals surface area contributed by atoms with Gasteiger partial charge < -0.3 is 25.5 Å². The molecule has 1 aromatic carbocycles. The van der Waals surface area contributed by atoms with Crippen molar-refractivity contribution in [2.24, 2.45) is 11.8 Å². The first-order chi connectivity index (χ1) is 14.8. The van der Waals surface area contributed by atoms with E-state index in [9.17, 15) is 39.9 Å². The van der Waals surface area contributed by atoms with E-state index < -0.39 is 74.8 Å². The van der Waals surface area contributed by atoms with Gasteiger partial charge >= 0.3 is 0 Å². The number of Topliss-reactive ketones (excluding diaryl/α,β-unsaturated/α-hetero) is 3. The van der Waals surface area contributed by atoms with Crippen molar-refractivity contribution >= 4 is 17.3 Å². The largest absolute Gasteiger partial charge is 0.510 e. The third-order valence-electron chi connectivity index (χ3n) is 7.13. The third-order valence-corrected chi connectivity index (χ3v) is 7.13. The van der Waals surface area contributed by atoms with Crippen LogP contribution in [0, 0.1) is 11.8 Å². The molecule has 170 valence electrons. The minimum absolute atomic E-state index is 0.155. The number of aliphatic hydroxyl groups excluding tert-OH is 2. The second-order valence-electron chi connectivity index (χ2n) is 9.15. The number of carbonyl (C=O) groups is 3. The fraction of sp³-hybridized carbons (Fsp3) is 0.435. The Labute approximate surface area is 183 Å². The number of fused-ring (bicyclic) bond motifs is 3. The smallest absolute Gasteiger partial charge is 0.209 e. The van der Waals surface area contributed by atoms with E-state index in [1.54, 1.807) is 14.1 Å². The highest BCUT2D eigenvalue weighted by Crippen LogP contribution is 2.56. The summed E-state index contributed by atoms with van der Waals surface area (Å²) in [6, 6.07) is 3.18. The Morgan fingerprint density at radius 1 is 1.12 bits per heavy atom. The van der Waals surface area contributed by atoms with Gasteiger partial charge in [0.05, 0.1) is 17.2 Å². The number of carbonyl (C=O) groups excluding carboxylic acids is 3. The van der Waals surface area contributed by atoms with Crippen LogP contribution in [0.3, 0.4) is 0 Å². The molecule has 0 heterocycles. The Morgan fingerprint density at radius 2 is 1.75 bits per heavy atom. The molecule has 0 saturated heterocycles. The number of phenolic OH excluding ortho intramolecular Hbond substituents is 1. The molecule has 9 heteroatoms. The topological polar surface area (TPSA) is 156 Å². The lowest BCUT2D eigenvalue weighted by atomic mass is 9.55. The van der Waals surface area contributed by atoms with Crippen molar-refractivity contribution in [3.63, 3.8) is 0 Å². The minimum atomic E-state index is -2.67. The van der Waals surface area contributed by atoms with Crippen LogP contribution in [0.5, 0.6) is 5.75 Å². The fourth-order valence-electron chi connectivity index (χ4n) is 5.61. The molecule has 0 aliphatic heterocycles. The molecule has 0 bridgehead atoms. The zero-order valence-corrected chi connectivity index (χ0v) is 18.1. The fourth-order valence-corrected chi connectivity index (χ4v) is 5.61. The van der Waals surface area contributed by atoms with E-state index in [1.807, 2.05) is 0 Å². The van der Waals surface area contributed by atoms with Gasteiger partial charge in [0.1, 0.15) is 22.8 Å². The van der Waals surface area contributed by atoms with Gasteiger partial charge in [0.25, 0.3) is 0 Å². The summed E-state index contributed by atoms with van der Waals surface area (Å²) in [6.07, 6.45) is -0.159. The Hall–Kier alpha value is -3.01. The number of aliphatic hydroxyl groups is 4. The second kappa shape index (κ2) is 6.74. The minimum Gasteiger partial charge on any atom is -0.510 e. The highest BCUT2D eigenvalue weighted by Gasteiger charge is 2.65. The highest BCUT2D eigenvalue weighted by atomic mass is 16.3. The number of rotatable bonds is 2. The van der Waals surface area contributed by atoms with Crippen molar-refractivity contribution in [1.82, 2.24) is 4.90 Å².